The Morgan fingerprint density at radius 1 is 1.38 bits per heavy atom. The lowest BCUT2D eigenvalue weighted by Gasteiger charge is -2.36. The molecular weight excluding hydrogens is 359 g/mol. The Balaban J connectivity index is 1.72. The van der Waals surface area contributed by atoms with Gasteiger partial charge in [0.05, 0.1) is 16.0 Å². The van der Waals surface area contributed by atoms with Gasteiger partial charge in [-0.1, -0.05) is 6.07 Å². The van der Waals surface area contributed by atoms with E-state index in [1.807, 2.05) is 0 Å². The first-order valence-electron chi connectivity index (χ1n) is 6.56. The third kappa shape index (κ3) is 4.71. The second kappa shape index (κ2) is 7.26. The zero-order chi connectivity index (χ0) is 15.4. The van der Waals surface area contributed by atoms with Crippen LogP contribution < -0.4 is 11.1 Å². The first-order valence-corrected chi connectivity index (χ1v) is 8.51. The minimum Gasteiger partial charge on any atom is -0.369 e. The highest BCUT2D eigenvalue weighted by molar-refractivity contribution is 9.10. The Labute approximate surface area is 135 Å². The van der Waals surface area contributed by atoms with Gasteiger partial charge in [0.2, 0.25) is 11.8 Å². The van der Waals surface area contributed by atoms with Gasteiger partial charge in [-0.2, -0.15) is 0 Å². The average molecular weight is 375 g/mol. The molecule has 0 spiro atoms. The first-order chi connectivity index (χ1) is 9.95. The van der Waals surface area contributed by atoms with Gasteiger partial charge in [0.15, 0.2) is 0 Å². The van der Waals surface area contributed by atoms with Gasteiger partial charge in [0.25, 0.3) is 0 Å². The highest BCUT2D eigenvalue weighted by Gasteiger charge is 2.31. The highest BCUT2D eigenvalue weighted by atomic mass is 79.9. The van der Waals surface area contributed by atoms with Crippen molar-refractivity contribution in [3.8, 4) is 0 Å². The van der Waals surface area contributed by atoms with E-state index in [4.69, 9.17) is 5.73 Å². The zero-order valence-electron chi connectivity index (χ0n) is 11.3. The van der Waals surface area contributed by atoms with Crippen molar-refractivity contribution >= 4 is 39.5 Å². The summed E-state index contributed by atoms with van der Waals surface area (Å²) in [6.07, 6.45) is 1.70. The molecule has 0 unspecified atom stereocenters. The van der Waals surface area contributed by atoms with E-state index in [1.165, 1.54) is 17.8 Å². The number of hydrogen-bond acceptors (Lipinski definition) is 3. The molecule has 2 rings (SSSR count). The number of carbonyl (C=O) groups is 2. The fourth-order valence-electron chi connectivity index (χ4n) is 2.29. The van der Waals surface area contributed by atoms with Crippen LogP contribution in [0.2, 0.25) is 0 Å². The van der Waals surface area contributed by atoms with Gasteiger partial charge in [-0.15, -0.1) is 11.8 Å². The number of carbonyl (C=O) groups excluding carboxylic acids is 2. The van der Waals surface area contributed by atoms with E-state index >= 15 is 0 Å². The van der Waals surface area contributed by atoms with E-state index in [9.17, 15) is 14.0 Å². The lowest BCUT2D eigenvalue weighted by Crippen LogP contribution is -2.44. The minimum atomic E-state index is -0.418. The van der Waals surface area contributed by atoms with Crippen molar-refractivity contribution in [2.75, 3.05) is 11.5 Å². The molecule has 0 saturated heterocycles. The smallest absolute Gasteiger partial charge is 0.230 e. The fourth-order valence-corrected chi connectivity index (χ4v) is 3.26. The van der Waals surface area contributed by atoms with E-state index in [-0.39, 0.29) is 29.3 Å². The molecule has 1 saturated carbocycles. The summed E-state index contributed by atoms with van der Waals surface area (Å²) < 4.78 is 13.6. The van der Waals surface area contributed by atoms with Crippen molar-refractivity contribution in [2.45, 2.75) is 24.8 Å². The molecule has 7 heteroatoms. The van der Waals surface area contributed by atoms with Gasteiger partial charge in [-0.05, 0) is 52.4 Å². The number of amides is 2. The van der Waals surface area contributed by atoms with E-state index in [0.717, 1.165) is 18.4 Å². The fraction of sp³-hybridized carbons (Fsp3) is 0.429. The number of nitrogens with one attached hydrogen (secondary N) is 1. The average Bonchev–Trinajstić information content (AvgIpc) is 2.36. The van der Waals surface area contributed by atoms with Gasteiger partial charge in [-0.25, -0.2) is 4.39 Å². The highest BCUT2D eigenvalue weighted by Crippen LogP contribution is 2.38. The van der Waals surface area contributed by atoms with Crippen LogP contribution in [0.1, 0.15) is 24.3 Å². The summed E-state index contributed by atoms with van der Waals surface area (Å²) in [5.41, 5.74) is 6.08. The topological polar surface area (TPSA) is 72.2 Å². The zero-order valence-corrected chi connectivity index (χ0v) is 13.7. The summed E-state index contributed by atoms with van der Waals surface area (Å²) in [5, 5.41) is 2.92. The Kier molecular flexibility index (Phi) is 5.64. The van der Waals surface area contributed by atoms with Crippen LogP contribution >= 0.6 is 27.7 Å². The molecule has 1 aromatic carbocycles. The minimum absolute atomic E-state index is 0.0787. The summed E-state index contributed by atoms with van der Waals surface area (Å²) in [6.45, 7) is 0. The predicted molar refractivity (Wildman–Crippen MR) is 84.5 cm³/mol. The van der Waals surface area contributed by atoms with Gasteiger partial charge >= 0.3 is 0 Å². The number of rotatable bonds is 6. The maximum atomic E-state index is 13.2. The third-order valence-electron chi connectivity index (χ3n) is 3.40. The van der Waals surface area contributed by atoms with Crippen LogP contribution in [0.3, 0.4) is 0 Å². The largest absolute Gasteiger partial charge is 0.369 e. The first kappa shape index (κ1) is 16.3. The van der Waals surface area contributed by atoms with Crippen molar-refractivity contribution in [1.82, 2.24) is 5.32 Å². The van der Waals surface area contributed by atoms with E-state index in [2.05, 4.69) is 21.2 Å². The molecule has 0 aliphatic heterocycles. The third-order valence-corrected chi connectivity index (χ3v) is 4.96. The number of halogens is 2. The molecular formula is C14H16BrFN2O2S. The predicted octanol–water partition coefficient (Wildman–Crippen LogP) is 2.17. The monoisotopic (exact) mass is 374 g/mol. The summed E-state index contributed by atoms with van der Waals surface area (Å²) in [7, 11) is 0. The van der Waals surface area contributed by atoms with E-state index in [1.54, 1.807) is 12.1 Å². The lowest BCUT2D eigenvalue weighted by atomic mass is 9.76. The maximum Gasteiger partial charge on any atom is 0.230 e. The summed E-state index contributed by atoms with van der Waals surface area (Å²) in [5.74, 6) is -0.0143. The van der Waals surface area contributed by atoms with Crippen LogP contribution in [-0.4, -0.2) is 29.4 Å². The summed E-state index contributed by atoms with van der Waals surface area (Å²) >= 11 is 4.39. The van der Waals surface area contributed by atoms with Gasteiger partial charge in [-0.3, -0.25) is 9.59 Å². The maximum absolute atomic E-state index is 13.2. The van der Waals surface area contributed by atoms with E-state index in [0.29, 0.717) is 10.4 Å². The molecule has 1 aliphatic rings. The molecule has 0 heterocycles. The number of nitrogens with two attached hydrogens (primary N) is 1. The number of primary amides is 1. The molecule has 0 radical (unpaired) electrons. The number of benzene rings is 1. The van der Waals surface area contributed by atoms with Crippen LogP contribution in [0.5, 0.6) is 0 Å². The molecule has 4 nitrogen and oxygen atoms in total. The van der Waals surface area contributed by atoms with Crippen molar-refractivity contribution < 1.29 is 14.0 Å². The molecule has 21 heavy (non-hydrogen) atoms. The van der Waals surface area contributed by atoms with Gasteiger partial charge < -0.3 is 11.1 Å². The molecule has 2 amide bonds. The van der Waals surface area contributed by atoms with Crippen molar-refractivity contribution in [3.63, 3.8) is 0 Å². The number of hydrogen-bond donors (Lipinski definition) is 2. The molecule has 0 bridgehead atoms. The molecule has 0 aromatic heterocycles. The number of thioether (sulfide) groups is 1. The second-order valence-electron chi connectivity index (χ2n) is 5.07. The quantitative estimate of drug-likeness (QED) is 0.801. The standard InChI is InChI=1S/C14H16BrFN2O2S/c15-11-5-8(1-2-12(11)16)9-3-10(4-9)18-14(20)7-21-6-13(17)19/h1-2,5,9-10H,3-4,6-7H2,(H2,17,19)(H,18,20). The second-order valence-corrected chi connectivity index (χ2v) is 6.91. The molecule has 1 aromatic rings. The van der Waals surface area contributed by atoms with Crippen LogP contribution in [0.25, 0.3) is 0 Å². The van der Waals surface area contributed by atoms with Crippen molar-refractivity contribution in [1.29, 1.82) is 0 Å². The van der Waals surface area contributed by atoms with Crippen LogP contribution in [0.4, 0.5) is 4.39 Å². The van der Waals surface area contributed by atoms with Gasteiger partial charge in [0.1, 0.15) is 5.82 Å². The van der Waals surface area contributed by atoms with E-state index < -0.39 is 5.91 Å². The molecule has 3 N–H and O–H groups in total. The van der Waals surface area contributed by atoms with Crippen LogP contribution in [0.15, 0.2) is 22.7 Å². The normalized spacial score (nSPS) is 20.7. The Morgan fingerprint density at radius 3 is 2.71 bits per heavy atom. The molecule has 1 fully saturated rings. The van der Waals surface area contributed by atoms with Crippen molar-refractivity contribution in [3.05, 3.63) is 34.1 Å². The summed E-state index contributed by atoms with van der Waals surface area (Å²) in [4.78, 5) is 22.2. The van der Waals surface area contributed by atoms with Gasteiger partial charge in [0, 0.05) is 6.04 Å². The van der Waals surface area contributed by atoms with Crippen molar-refractivity contribution in [2.24, 2.45) is 5.73 Å². The Bertz CT molecular complexity index is 550. The van der Waals surface area contributed by atoms with Crippen LogP contribution in [0, 0.1) is 5.82 Å². The SMILES string of the molecule is NC(=O)CSCC(=O)NC1CC(c2ccc(F)c(Br)c2)C1. The Hall–Kier alpha value is -1.08. The molecule has 114 valence electrons. The molecule has 0 atom stereocenters. The Morgan fingerprint density at radius 2 is 2.10 bits per heavy atom. The van der Waals surface area contributed by atoms with Crippen LogP contribution in [-0.2, 0) is 9.59 Å². The summed E-state index contributed by atoms with van der Waals surface area (Å²) in [6, 6.07) is 5.18. The molecule has 1 aliphatic carbocycles. The lowest BCUT2D eigenvalue weighted by molar-refractivity contribution is -0.119.